The molecule has 0 bridgehead atoms. The van der Waals surface area contributed by atoms with Crippen LogP contribution in [0.4, 0.5) is 18.9 Å². The molecule has 1 N–H and O–H groups in total. The fourth-order valence-electron chi connectivity index (χ4n) is 5.52. The van der Waals surface area contributed by atoms with Crippen molar-refractivity contribution in [2.75, 3.05) is 51.0 Å². The molecule has 3 aliphatic rings. The third-order valence-electron chi connectivity index (χ3n) is 8.25. The molecule has 1 aliphatic carbocycles. The number of nitrogens with one attached hydrogen (secondary N) is 1. The number of halogens is 3. The highest BCUT2D eigenvalue weighted by Gasteiger charge is 2.47. The fourth-order valence-corrected chi connectivity index (χ4v) is 7.62. The Morgan fingerprint density at radius 3 is 2.50 bits per heavy atom. The number of benzene rings is 1. The van der Waals surface area contributed by atoms with Gasteiger partial charge in [0.05, 0.1) is 34.8 Å². The zero-order chi connectivity index (χ0) is 29.4. The van der Waals surface area contributed by atoms with Gasteiger partial charge in [0.2, 0.25) is 26.8 Å². The number of ether oxygens (including phenoxy) is 1. The van der Waals surface area contributed by atoms with Crippen LogP contribution in [0.2, 0.25) is 0 Å². The van der Waals surface area contributed by atoms with E-state index in [0.29, 0.717) is 60.0 Å². The fraction of sp³-hybridized carbons (Fsp3) is 0.520. The van der Waals surface area contributed by atoms with Gasteiger partial charge in [0.1, 0.15) is 12.2 Å². The van der Waals surface area contributed by atoms with Gasteiger partial charge in [-0.25, -0.2) is 26.6 Å². The molecule has 2 saturated heterocycles. The van der Waals surface area contributed by atoms with Crippen LogP contribution >= 0.6 is 11.3 Å². The summed E-state index contributed by atoms with van der Waals surface area (Å²) in [4.78, 5) is 21.1. The minimum atomic E-state index is -4.26. The average molecular weight is 625 g/mol. The number of piperazine rings is 1. The average Bonchev–Trinajstić information content (AvgIpc) is 3.29. The monoisotopic (exact) mass is 624 g/mol. The highest BCUT2D eigenvalue weighted by atomic mass is 32.2. The van der Waals surface area contributed by atoms with Crippen LogP contribution < -0.4 is 9.62 Å². The molecule has 3 fully saturated rings. The molecule has 1 saturated carbocycles. The van der Waals surface area contributed by atoms with Gasteiger partial charge in [0.15, 0.2) is 5.01 Å². The molecule has 7 rings (SSSR count). The number of imidazole rings is 2. The molecule has 0 spiro atoms. The van der Waals surface area contributed by atoms with Gasteiger partial charge in [-0.2, -0.15) is 4.72 Å². The Bertz CT molecular complexity index is 1800. The Morgan fingerprint density at radius 1 is 1.17 bits per heavy atom. The Balaban J connectivity index is 1.37. The first-order valence-corrected chi connectivity index (χ1v) is 15.7. The predicted octanol–water partition coefficient (Wildman–Crippen LogP) is 2.53. The van der Waals surface area contributed by atoms with Crippen LogP contribution in [0.1, 0.15) is 31.2 Å². The van der Waals surface area contributed by atoms with Crippen LogP contribution in [0.3, 0.4) is 0 Å². The van der Waals surface area contributed by atoms with E-state index in [-0.39, 0.29) is 34.6 Å². The molecule has 1 aromatic carbocycles. The van der Waals surface area contributed by atoms with Gasteiger partial charge in [-0.1, -0.05) is 18.3 Å². The molecule has 42 heavy (non-hydrogen) atoms. The van der Waals surface area contributed by atoms with Gasteiger partial charge >= 0.3 is 0 Å². The number of amides is 1. The number of anilines is 1. The van der Waals surface area contributed by atoms with E-state index in [4.69, 9.17) is 4.74 Å². The maximum Gasteiger partial charge on any atom is 0.291 e. The third-order valence-corrected chi connectivity index (χ3v) is 10.7. The molecule has 0 atom stereocenters. The minimum absolute atomic E-state index is 0.0886. The van der Waals surface area contributed by atoms with Gasteiger partial charge < -0.3 is 14.5 Å². The predicted molar refractivity (Wildman–Crippen MR) is 146 cm³/mol. The Morgan fingerprint density at radius 2 is 1.90 bits per heavy atom. The number of fused-ring (bicyclic) bond motifs is 3. The van der Waals surface area contributed by atoms with Gasteiger partial charge in [-0.3, -0.25) is 13.8 Å². The topological polar surface area (TPSA) is 127 Å². The van der Waals surface area contributed by atoms with Gasteiger partial charge in [-0.15, -0.1) is 10.2 Å². The Labute approximate surface area is 242 Å². The highest BCUT2D eigenvalue weighted by molar-refractivity contribution is 7.89. The van der Waals surface area contributed by atoms with Crippen LogP contribution in [-0.4, -0.2) is 95.0 Å². The highest BCUT2D eigenvalue weighted by Crippen LogP contribution is 2.47. The van der Waals surface area contributed by atoms with E-state index in [0.717, 1.165) is 12.8 Å². The summed E-state index contributed by atoms with van der Waals surface area (Å²) >= 11 is 0.673. The van der Waals surface area contributed by atoms with Crippen molar-refractivity contribution in [3.63, 3.8) is 0 Å². The summed E-state index contributed by atoms with van der Waals surface area (Å²) in [7, 11) is -4.26. The second kappa shape index (κ2) is 9.62. The van der Waals surface area contributed by atoms with Gasteiger partial charge in [-0.05, 0) is 25.0 Å². The normalized spacial score (nSPS) is 20.0. The molecule has 224 valence electrons. The summed E-state index contributed by atoms with van der Waals surface area (Å²) in [5, 5.41) is 7.17. The maximum absolute atomic E-state index is 13.9. The van der Waals surface area contributed by atoms with Crippen molar-refractivity contribution in [1.82, 2.24) is 33.8 Å². The van der Waals surface area contributed by atoms with E-state index in [2.05, 4.69) is 19.9 Å². The van der Waals surface area contributed by atoms with Crippen LogP contribution in [0.5, 0.6) is 0 Å². The second-order valence-corrected chi connectivity index (χ2v) is 14.0. The summed E-state index contributed by atoms with van der Waals surface area (Å²) in [6.45, 7) is 2.61. The zero-order valence-electron chi connectivity index (χ0n) is 22.5. The van der Waals surface area contributed by atoms with Crippen molar-refractivity contribution in [3.05, 3.63) is 29.5 Å². The number of nitrogens with zero attached hydrogens (tertiary/aromatic N) is 7. The third kappa shape index (κ3) is 4.36. The SMILES string of the molecule is CC1(C(=O)N2CCN(c3cc(S(=O)(=O)NC4(CF)COC4)cc4c3n3ccnc3n4-c3nnc(C(F)F)s3)CC2)CC1. The maximum atomic E-state index is 13.9. The standard InChI is InChI=1S/C25H27F3N8O4S2/c1-24(2-3-24)21(37)34-8-6-33(7-9-34)16-10-15(42(38,39)32-25(12-26)13-40-14-25)11-17-18(16)35-5-4-29-22(35)36(17)23-31-30-20(41-23)19(27)28/h4-5,10-11,19,32H,2-3,6-9,12-14H2,1H3. The quantitative estimate of drug-likeness (QED) is 0.317. The number of carbonyl (C=O) groups is 1. The molecule has 17 heteroatoms. The Hall–Kier alpha value is -3.28. The van der Waals surface area contributed by atoms with Crippen molar-refractivity contribution in [2.24, 2.45) is 5.41 Å². The summed E-state index contributed by atoms with van der Waals surface area (Å²) in [5.74, 6) is 0.454. The lowest BCUT2D eigenvalue weighted by atomic mass is 10.0. The number of alkyl halides is 3. The molecular weight excluding hydrogens is 597 g/mol. The number of hydrogen-bond acceptors (Lipinski definition) is 9. The van der Waals surface area contributed by atoms with Crippen molar-refractivity contribution < 1.29 is 31.1 Å². The van der Waals surface area contributed by atoms with Crippen molar-refractivity contribution in [3.8, 4) is 5.13 Å². The molecule has 4 aromatic rings. The first kappa shape index (κ1) is 27.5. The number of sulfonamides is 1. The largest absolute Gasteiger partial charge is 0.377 e. The van der Waals surface area contributed by atoms with E-state index in [9.17, 15) is 26.4 Å². The number of rotatable bonds is 8. The van der Waals surface area contributed by atoms with E-state index >= 15 is 0 Å². The van der Waals surface area contributed by atoms with Crippen LogP contribution in [0.25, 0.3) is 21.9 Å². The lowest BCUT2D eigenvalue weighted by molar-refractivity contribution is -0.136. The van der Waals surface area contributed by atoms with Crippen LogP contribution in [0, 0.1) is 5.41 Å². The molecule has 0 unspecified atom stereocenters. The van der Waals surface area contributed by atoms with Crippen molar-refractivity contribution >= 4 is 49.8 Å². The number of hydrogen-bond donors (Lipinski definition) is 1. The molecule has 2 aliphatic heterocycles. The summed E-state index contributed by atoms with van der Waals surface area (Å²) in [5.41, 5.74) is -0.198. The number of carbonyl (C=O) groups excluding carboxylic acids is 1. The van der Waals surface area contributed by atoms with E-state index in [1.54, 1.807) is 16.8 Å². The molecule has 12 nitrogen and oxygen atoms in total. The second-order valence-electron chi connectivity index (χ2n) is 11.3. The zero-order valence-corrected chi connectivity index (χ0v) is 24.1. The van der Waals surface area contributed by atoms with Crippen molar-refractivity contribution in [1.29, 1.82) is 0 Å². The van der Waals surface area contributed by atoms with Crippen molar-refractivity contribution in [2.45, 2.75) is 36.6 Å². The summed E-state index contributed by atoms with van der Waals surface area (Å²) < 4.78 is 78.8. The molecular formula is C25H27F3N8O4S2. The minimum Gasteiger partial charge on any atom is -0.377 e. The van der Waals surface area contributed by atoms with Gasteiger partial charge in [0, 0.05) is 44.0 Å². The van der Waals surface area contributed by atoms with Crippen LogP contribution in [0.15, 0.2) is 29.4 Å². The number of aromatic nitrogens is 5. The summed E-state index contributed by atoms with van der Waals surface area (Å²) in [6, 6.07) is 2.92. The lowest BCUT2D eigenvalue weighted by Crippen LogP contribution is -2.63. The van der Waals surface area contributed by atoms with E-state index in [1.807, 2.05) is 16.7 Å². The molecule has 1 amide bonds. The first-order chi connectivity index (χ1) is 20.0. The smallest absolute Gasteiger partial charge is 0.291 e. The van der Waals surface area contributed by atoms with E-state index in [1.165, 1.54) is 16.7 Å². The van der Waals surface area contributed by atoms with Crippen LogP contribution in [-0.2, 0) is 19.6 Å². The Kier molecular flexibility index (Phi) is 6.31. The molecule has 5 heterocycles. The molecule has 3 aromatic heterocycles. The van der Waals surface area contributed by atoms with Gasteiger partial charge in [0.25, 0.3) is 6.43 Å². The molecule has 0 radical (unpaired) electrons. The summed E-state index contributed by atoms with van der Waals surface area (Å²) in [6.07, 6.45) is 2.15. The van der Waals surface area contributed by atoms with E-state index < -0.39 is 33.7 Å². The first-order valence-electron chi connectivity index (χ1n) is 13.4. The lowest BCUT2D eigenvalue weighted by Gasteiger charge is -2.39.